The third kappa shape index (κ3) is 4.94. The van der Waals surface area contributed by atoms with E-state index < -0.39 is 15.9 Å². The number of benzene rings is 2. The number of nitrogens with one attached hydrogen (secondary N) is 2. The van der Waals surface area contributed by atoms with Crippen molar-refractivity contribution in [3.05, 3.63) is 71.9 Å². The third-order valence-corrected chi connectivity index (χ3v) is 5.72. The zero-order chi connectivity index (χ0) is 20.0. The summed E-state index contributed by atoms with van der Waals surface area (Å²) in [6, 6.07) is 15.8. The minimum atomic E-state index is -3.85. The van der Waals surface area contributed by atoms with Crippen molar-refractivity contribution in [2.45, 2.75) is 37.5 Å². The van der Waals surface area contributed by atoms with E-state index in [0.29, 0.717) is 0 Å². The maximum atomic E-state index is 12.4. The van der Waals surface area contributed by atoms with Crippen LogP contribution in [-0.4, -0.2) is 19.3 Å². The Morgan fingerprint density at radius 1 is 1.04 bits per heavy atom. The Hall–Kier alpha value is -2.77. The number of hydrazine groups is 1. The van der Waals surface area contributed by atoms with Crippen LogP contribution in [-0.2, 0) is 16.4 Å². The summed E-state index contributed by atoms with van der Waals surface area (Å²) in [5.41, 5.74) is 4.37. The number of fused-ring (bicyclic) bond motifs is 1. The Balaban J connectivity index is 1.64. The summed E-state index contributed by atoms with van der Waals surface area (Å²) in [5.74, 6) is -0.571. The molecular weight excluding hydrogens is 374 g/mol. The maximum absolute atomic E-state index is 12.4. The monoisotopic (exact) mass is 397 g/mol. The van der Waals surface area contributed by atoms with Gasteiger partial charge in [-0.1, -0.05) is 50.1 Å². The molecule has 28 heavy (non-hydrogen) atoms. The zero-order valence-electron chi connectivity index (χ0n) is 15.7. The number of hydrogen-bond acceptors (Lipinski definition) is 4. The van der Waals surface area contributed by atoms with Crippen LogP contribution in [0.1, 0.15) is 42.1 Å². The van der Waals surface area contributed by atoms with Gasteiger partial charge >= 0.3 is 0 Å². The van der Waals surface area contributed by atoms with Gasteiger partial charge in [-0.25, -0.2) is 8.42 Å². The number of carbonyl (C=O) groups excluding carboxylic acids is 1. The highest BCUT2D eigenvalue weighted by molar-refractivity contribution is 7.89. The number of sulfonamides is 1. The second-order valence-corrected chi connectivity index (χ2v) is 8.26. The molecule has 2 N–H and O–H groups in total. The van der Waals surface area contributed by atoms with Crippen molar-refractivity contribution in [3.63, 3.8) is 0 Å². The molecule has 7 heteroatoms. The molecule has 1 aromatic heterocycles. The molecular formula is C21H23N3O3S. The summed E-state index contributed by atoms with van der Waals surface area (Å²) in [4.78, 5) is 18.7. The Morgan fingerprint density at radius 3 is 2.54 bits per heavy atom. The number of pyridine rings is 1. The maximum Gasteiger partial charge on any atom is 0.267 e. The molecule has 0 unspecified atom stereocenters. The molecule has 0 radical (unpaired) electrons. The first-order valence-corrected chi connectivity index (χ1v) is 10.7. The van der Waals surface area contributed by atoms with Gasteiger partial charge in [0, 0.05) is 11.6 Å². The number of nitrogens with zero attached hydrogens (tertiary/aromatic N) is 1. The highest BCUT2D eigenvalue weighted by Crippen LogP contribution is 2.14. The van der Waals surface area contributed by atoms with E-state index in [-0.39, 0.29) is 10.5 Å². The van der Waals surface area contributed by atoms with E-state index in [4.69, 9.17) is 0 Å². The van der Waals surface area contributed by atoms with Crippen LogP contribution in [0.5, 0.6) is 0 Å². The molecule has 0 aliphatic heterocycles. The molecule has 0 saturated heterocycles. The number of aryl methyl sites for hydroxylation is 1. The van der Waals surface area contributed by atoms with Crippen LogP contribution in [0.2, 0.25) is 0 Å². The van der Waals surface area contributed by atoms with Crippen molar-refractivity contribution in [2.24, 2.45) is 0 Å². The van der Waals surface area contributed by atoms with Gasteiger partial charge in [0.2, 0.25) is 0 Å². The average molecular weight is 398 g/mol. The van der Waals surface area contributed by atoms with Gasteiger partial charge < -0.3 is 0 Å². The molecule has 0 fully saturated rings. The highest BCUT2D eigenvalue weighted by Gasteiger charge is 2.16. The van der Waals surface area contributed by atoms with E-state index >= 15 is 0 Å². The molecule has 3 aromatic rings. The fourth-order valence-corrected chi connectivity index (χ4v) is 3.69. The summed E-state index contributed by atoms with van der Waals surface area (Å²) in [6.07, 6.45) is 5.71. The summed E-state index contributed by atoms with van der Waals surface area (Å²) < 4.78 is 24.8. The van der Waals surface area contributed by atoms with Crippen LogP contribution < -0.4 is 10.3 Å². The van der Waals surface area contributed by atoms with Crippen LogP contribution >= 0.6 is 0 Å². The van der Waals surface area contributed by atoms with Crippen LogP contribution in [0.4, 0.5) is 0 Å². The SMILES string of the molecule is CCCCCc1ccc(S(=O)(=O)NNC(=O)c2cnc3ccccc3c2)cc1. The topological polar surface area (TPSA) is 88.2 Å². The van der Waals surface area contributed by atoms with E-state index in [9.17, 15) is 13.2 Å². The zero-order valence-corrected chi connectivity index (χ0v) is 16.5. The van der Waals surface area contributed by atoms with Gasteiger partial charge in [0.25, 0.3) is 15.9 Å². The molecule has 146 valence electrons. The third-order valence-electron chi connectivity index (χ3n) is 4.45. The second-order valence-electron chi connectivity index (χ2n) is 6.58. The number of amides is 1. The predicted molar refractivity (Wildman–Crippen MR) is 109 cm³/mol. The lowest BCUT2D eigenvalue weighted by molar-refractivity contribution is 0.0945. The number of unbranched alkanes of at least 4 members (excludes halogenated alkanes) is 2. The number of aromatic nitrogens is 1. The fourth-order valence-electron chi connectivity index (χ4n) is 2.85. The smallest absolute Gasteiger partial charge is 0.267 e. The standard InChI is InChI=1S/C21H23N3O3S/c1-2-3-4-7-16-10-12-19(13-11-16)28(26,27)24-23-21(25)18-14-17-8-5-6-9-20(17)22-15-18/h5-6,8-15,24H,2-4,7H2,1H3,(H,23,25). The first-order valence-electron chi connectivity index (χ1n) is 9.25. The largest absolute Gasteiger partial charge is 0.273 e. The van der Waals surface area contributed by atoms with Crippen LogP contribution in [0, 0.1) is 0 Å². The van der Waals surface area contributed by atoms with Gasteiger partial charge in [0.1, 0.15) is 0 Å². The van der Waals surface area contributed by atoms with E-state index in [1.54, 1.807) is 30.3 Å². The fraction of sp³-hybridized carbons (Fsp3) is 0.238. The lowest BCUT2D eigenvalue weighted by Gasteiger charge is -2.09. The molecule has 0 spiro atoms. The Labute approximate surface area is 165 Å². The number of carbonyl (C=O) groups is 1. The normalized spacial score (nSPS) is 11.5. The molecule has 0 atom stereocenters. The summed E-state index contributed by atoms with van der Waals surface area (Å²) in [7, 11) is -3.85. The van der Waals surface area contributed by atoms with Crippen molar-refractivity contribution < 1.29 is 13.2 Å². The van der Waals surface area contributed by atoms with Crippen molar-refractivity contribution in [1.82, 2.24) is 15.2 Å². The minimum absolute atomic E-state index is 0.101. The van der Waals surface area contributed by atoms with Crippen LogP contribution in [0.3, 0.4) is 0 Å². The molecule has 0 aliphatic rings. The van der Waals surface area contributed by atoms with Gasteiger partial charge in [-0.2, -0.15) is 0 Å². The number of para-hydroxylation sites is 1. The van der Waals surface area contributed by atoms with Crippen LogP contribution in [0.15, 0.2) is 65.7 Å². The molecule has 1 heterocycles. The van der Waals surface area contributed by atoms with Gasteiger partial charge in [-0.05, 0) is 42.7 Å². The number of rotatable bonds is 8. The van der Waals surface area contributed by atoms with Gasteiger partial charge in [-0.15, -0.1) is 4.83 Å². The van der Waals surface area contributed by atoms with Crippen molar-refractivity contribution >= 4 is 26.8 Å². The summed E-state index contributed by atoms with van der Waals surface area (Å²) in [5, 5.41) is 0.802. The Kier molecular flexibility index (Phi) is 6.38. The minimum Gasteiger partial charge on any atom is -0.273 e. The Morgan fingerprint density at radius 2 is 1.79 bits per heavy atom. The summed E-state index contributed by atoms with van der Waals surface area (Å²) in [6.45, 7) is 2.14. The highest BCUT2D eigenvalue weighted by atomic mass is 32.2. The van der Waals surface area contributed by atoms with Crippen molar-refractivity contribution in [1.29, 1.82) is 0 Å². The lowest BCUT2D eigenvalue weighted by atomic mass is 10.1. The van der Waals surface area contributed by atoms with Crippen molar-refractivity contribution in [3.8, 4) is 0 Å². The van der Waals surface area contributed by atoms with Crippen molar-refractivity contribution in [2.75, 3.05) is 0 Å². The van der Waals surface area contributed by atoms with Gasteiger partial charge in [0.05, 0.1) is 16.0 Å². The van der Waals surface area contributed by atoms with Gasteiger partial charge in [0.15, 0.2) is 0 Å². The second kappa shape index (κ2) is 8.95. The molecule has 0 aliphatic carbocycles. The summed E-state index contributed by atoms with van der Waals surface area (Å²) >= 11 is 0. The van der Waals surface area contributed by atoms with Gasteiger partial charge in [-0.3, -0.25) is 15.2 Å². The van der Waals surface area contributed by atoms with E-state index in [2.05, 4.69) is 22.2 Å². The molecule has 0 saturated carbocycles. The lowest BCUT2D eigenvalue weighted by Crippen LogP contribution is -2.41. The predicted octanol–water partition coefficient (Wildman–Crippen LogP) is 3.59. The first kappa shape index (κ1) is 20.0. The quantitative estimate of drug-likeness (QED) is 0.449. The Bertz CT molecular complexity index is 1060. The van der Waals surface area contributed by atoms with E-state index in [0.717, 1.165) is 42.1 Å². The molecule has 6 nitrogen and oxygen atoms in total. The molecule has 3 rings (SSSR count). The van der Waals surface area contributed by atoms with E-state index in [1.807, 2.05) is 24.3 Å². The average Bonchev–Trinajstić information content (AvgIpc) is 2.72. The first-order chi connectivity index (χ1) is 13.5. The van der Waals surface area contributed by atoms with E-state index in [1.165, 1.54) is 6.20 Å². The number of hydrogen-bond donors (Lipinski definition) is 2. The molecule has 1 amide bonds. The van der Waals surface area contributed by atoms with Crippen LogP contribution in [0.25, 0.3) is 10.9 Å². The molecule has 2 aromatic carbocycles. The molecule has 0 bridgehead atoms.